The van der Waals surface area contributed by atoms with E-state index < -0.39 is 0 Å². The fraction of sp³-hybridized carbons (Fsp3) is 0.467. The van der Waals surface area contributed by atoms with Gasteiger partial charge in [0.25, 0.3) is 5.89 Å². The molecule has 1 heterocycles. The van der Waals surface area contributed by atoms with Crippen molar-refractivity contribution in [2.24, 2.45) is 0 Å². The summed E-state index contributed by atoms with van der Waals surface area (Å²) in [4.78, 5) is 4.30. The van der Waals surface area contributed by atoms with Crippen LogP contribution in [0.5, 0.6) is 5.75 Å². The van der Waals surface area contributed by atoms with E-state index in [0.29, 0.717) is 18.3 Å². The highest BCUT2D eigenvalue weighted by molar-refractivity contribution is 5.36. The van der Waals surface area contributed by atoms with Crippen LogP contribution in [-0.2, 0) is 13.2 Å². The van der Waals surface area contributed by atoms with E-state index in [2.05, 4.69) is 28.4 Å². The number of aromatic nitrogens is 2. The second kappa shape index (κ2) is 6.52. The van der Waals surface area contributed by atoms with Crippen LogP contribution in [0, 0.1) is 6.92 Å². The van der Waals surface area contributed by atoms with Crippen molar-refractivity contribution >= 4 is 0 Å². The molecule has 0 unspecified atom stereocenters. The molecule has 0 atom stereocenters. The molecule has 0 saturated heterocycles. The largest absolute Gasteiger partial charge is 0.483 e. The Labute approximate surface area is 119 Å². The highest BCUT2D eigenvalue weighted by atomic mass is 16.5. The van der Waals surface area contributed by atoms with Crippen molar-refractivity contribution in [3.05, 3.63) is 41.0 Å². The van der Waals surface area contributed by atoms with Crippen LogP contribution in [-0.4, -0.2) is 17.2 Å². The minimum atomic E-state index is 0.256. The van der Waals surface area contributed by atoms with Gasteiger partial charge in [0.15, 0.2) is 12.4 Å². The summed E-state index contributed by atoms with van der Waals surface area (Å²) in [6.07, 6.45) is 0. The summed E-state index contributed by atoms with van der Waals surface area (Å²) < 4.78 is 11.0. The zero-order valence-electron chi connectivity index (χ0n) is 12.4. The van der Waals surface area contributed by atoms with Gasteiger partial charge in [0.2, 0.25) is 0 Å². The molecule has 0 saturated carbocycles. The Kier molecular flexibility index (Phi) is 4.74. The number of ether oxygens (including phenoxy) is 1. The van der Waals surface area contributed by atoms with Crippen molar-refractivity contribution in [1.29, 1.82) is 0 Å². The van der Waals surface area contributed by atoms with Gasteiger partial charge in [-0.25, -0.2) is 0 Å². The number of aryl methyl sites for hydroxylation is 1. The van der Waals surface area contributed by atoms with Crippen LogP contribution in [0.3, 0.4) is 0 Å². The summed E-state index contributed by atoms with van der Waals surface area (Å²) in [7, 11) is 1.92. The zero-order valence-corrected chi connectivity index (χ0v) is 12.4. The Bertz CT molecular complexity index is 564. The maximum absolute atomic E-state index is 5.79. The summed E-state index contributed by atoms with van der Waals surface area (Å²) in [5.74, 6) is 2.31. The number of hydrogen-bond donors (Lipinski definition) is 1. The Balaban J connectivity index is 2.06. The van der Waals surface area contributed by atoms with E-state index >= 15 is 0 Å². The van der Waals surface area contributed by atoms with Crippen molar-refractivity contribution in [2.75, 3.05) is 7.05 Å². The highest BCUT2D eigenvalue weighted by Crippen LogP contribution is 2.21. The summed E-state index contributed by atoms with van der Waals surface area (Å²) in [6.45, 7) is 7.18. The number of hydrogen-bond acceptors (Lipinski definition) is 5. The van der Waals surface area contributed by atoms with Crippen molar-refractivity contribution in [2.45, 2.75) is 39.8 Å². The van der Waals surface area contributed by atoms with Crippen LogP contribution in [0.1, 0.15) is 42.6 Å². The van der Waals surface area contributed by atoms with Gasteiger partial charge in [-0.1, -0.05) is 36.7 Å². The van der Waals surface area contributed by atoms with Gasteiger partial charge in [-0.3, -0.25) is 0 Å². The van der Waals surface area contributed by atoms with E-state index in [4.69, 9.17) is 9.26 Å². The van der Waals surface area contributed by atoms with E-state index in [9.17, 15) is 0 Å². The Morgan fingerprint density at radius 2 is 2.15 bits per heavy atom. The maximum Gasteiger partial charge on any atom is 0.264 e. The lowest BCUT2D eigenvalue weighted by atomic mass is 10.1. The van der Waals surface area contributed by atoms with Crippen molar-refractivity contribution in [3.63, 3.8) is 0 Å². The fourth-order valence-corrected chi connectivity index (χ4v) is 1.88. The van der Waals surface area contributed by atoms with Gasteiger partial charge in [0, 0.05) is 18.0 Å². The first kappa shape index (κ1) is 14.5. The molecule has 108 valence electrons. The van der Waals surface area contributed by atoms with Gasteiger partial charge < -0.3 is 14.6 Å². The smallest absolute Gasteiger partial charge is 0.264 e. The van der Waals surface area contributed by atoms with Gasteiger partial charge in [-0.05, 0) is 20.0 Å². The first-order chi connectivity index (χ1) is 9.60. The first-order valence-electron chi connectivity index (χ1n) is 6.79. The summed E-state index contributed by atoms with van der Waals surface area (Å²) >= 11 is 0. The zero-order chi connectivity index (χ0) is 14.5. The molecule has 5 nitrogen and oxygen atoms in total. The summed E-state index contributed by atoms with van der Waals surface area (Å²) in [5.41, 5.74) is 2.33. The molecule has 0 spiro atoms. The van der Waals surface area contributed by atoms with Crippen molar-refractivity contribution in [3.8, 4) is 5.75 Å². The third kappa shape index (κ3) is 3.57. The molecule has 1 aromatic carbocycles. The molecule has 2 rings (SSSR count). The van der Waals surface area contributed by atoms with E-state index in [0.717, 1.165) is 17.9 Å². The number of nitrogens with one attached hydrogen (secondary N) is 1. The van der Waals surface area contributed by atoms with Gasteiger partial charge in [-0.15, -0.1) is 0 Å². The molecule has 0 radical (unpaired) electrons. The lowest BCUT2D eigenvalue weighted by molar-refractivity contribution is 0.240. The van der Waals surface area contributed by atoms with E-state index in [1.165, 1.54) is 5.56 Å². The quantitative estimate of drug-likeness (QED) is 0.878. The molecule has 0 fully saturated rings. The number of benzene rings is 1. The molecule has 5 heteroatoms. The second-order valence-electron chi connectivity index (χ2n) is 5.13. The molecule has 1 aromatic heterocycles. The molecule has 0 bridgehead atoms. The third-order valence-corrected chi connectivity index (χ3v) is 2.93. The second-order valence-corrected chi connectivity index (χ2v) is 5.13. The molecule has 0 aliphatic heterocycles. The standard InChI is InChI=1S/C15H21N3O2/c1-10(2)15-17-14(20-18-15)9-19-13-6-5-11(3)7-12(13)8-16-4/h5-7,10,16H,8-9H2,1-4H3. The minimum Gasteiger partial charge on any atom is -0.483 e. The Morgan fingerprint density at radius 3 is 2.80 bits per heavy atom. The molecular weight excluding hydrogens is 254 g/mol. The SMILES string of the molecule is CNCc1cc(C)ccc1OCc1nc(C(C)C)no1. The first-order valence-corrected chi connectivity index (χ1v) is 6.79. The van der Waals surface area contributed by atoms with Crippen LogP contribution in [0.4, 0.5) is 0 Å². The third-order valence-electron chi connectivity index (χ3n) is 2.93. The molecule has 0 aliphatic carbocycles. The monoisotopic (exact) mass is 275 g/mol. The maximum atomic E-state index is 5.79. The Hall–Kier alpha value is -1.88. The average molecular weight is 275 g/mol. The number of nitrogens with zero attached hydrogens (tertiary/aromatic N) is 2. The predicted octanol–water partition coefficient (Wildman–Crippen LogP) is 2.80. The van der Waals surface area contributed by atoms with Crippen LogP contribution in [0.15, 0.2) is 22.7 Å². The molecule has 1 N–H and O–H groups in total. The van der Waals surface area contributed by atoms with E-state index in [-0.39, 0.29) is 5.92 Å². The molecule has 2 aromatic rings. The summed E-state index contributed by atoms with van der Waals surface area (Å²) in [6, 6.07) is 6.11. The predicted molar refractivity (Wildman–Crippen MR) is 76.7 cm³/mol. The van der Waals surface area contributed by atoms with Gasteiger partial charge in [0.05, 0.1) is 0 Å². The van der Waals surface area contributed by atoms with Crippen molar-refractivity contribution in [1.82, 2.24) is 15.5 Å². The molecule has 0 aliphatic rings. The van der Waals surface area contributed by atoms with E-state index in [1.807, 2.05) is 33.0 Å². The summed E-state index contributed by atoms with van der Waals surface area (Å²) in [5, 5.41) is 7.06. The lowest BCUT2D eigenvalue weighted by Gasteiger charge is -2.10. The number of rotatable bonds is 6. The molecule has 0 amide bonds. The van der Waals surface area contributed by atoms with Crippen LogP contribution in [0.25, 0.3) is 0 Å². The van der Waals surface area contributed by atoms with Crippen LogP contribution >= 0.6 is 0 Å². The normalized spacial score (nSPS) is 11.1. The van der Waals surface area contributed by atoms with Gasteiger partial charge in [-0.2, -0.15) is 4.98 Å². The van der Waals surface area contributed by atoms with Gasteiger partial charge in [0.1, 0.15) is 5.75 Å². The minimum absolute atomic E-state index is 0.256. The highest BCUT2D eigenvalue weighted by Gasteiger charge is 2.11. The van der Waals surface area contributed by atoms with Crippen molar-refractivity contribution < 1.29 is 9.26 Å². The Morgan fingerprint density at radius 1 is 1.35 bits per heavy atom. The van der Waals surface area contributed by atoms with Crippen LogP contribution in [0.2, 0.25) is 0 Å². The fourth-order valence-electron chi connectivity index (χ4n) is 1.88. The topological polar surface area (TPSA) is 60.2 Å². The molecule has 20 heavy (non-hydrogen) atoms. The lowest BCUT2D eigenvalue weighted by Crippen LogP contribution is -2.08. The average Bonchev–Trinajstić information content (AvgIpc) is 2.87. The molecular formula is C15H21N3O2. The van der Waals surface area contributed by atoms with Gasteiger partial charge >= 0.3 is 0 Å². The van der Waals surface area contributed by atoms with E-state index in [1.54, 1.807) is 0 Å². The van der Waals surface area contributed by atoms with Crippen LogP contribution < -0.4 is 10.1 Å².